The summed E-state index contributed by atoms with van der Waals surface area (Å²) < 4.78 is 0. The smallest absolute Gasteiger partial charge is 0.225 e. The summed E-state index contributed by atoms with van der Waals surface area (Å²) in [5.41, 5.74) is 3.40. The van der Waals surface area contributed by atoms with Gasteiger partial charge < -0.3 is 5.32 Å². The maximum atomic E-state index is 11.4. The molecule has 0 spiro atoms. The Kier molecular flexibility index (Phi) is 1.88. The Labute approximate surface area is 84.3 Å². The van der Waals surface area contributed by atoms with Crippen molar-refractivity contribution in [2.24, 2.45) is 0 Å². The van der Waals surface area contributed by atoms with Gasteiger partial charge in [-0.2, -0.15) is 0 Å². The van der Waals surface area contributed by atoms with Crippen LogP contribution in [0.1, 0.15) is 30.5 Å². The van der Waals surface area contributed by atoms with Gasteiger partial charge >= 0.3 is 0 Å². The molecule has 74 valence electrons. The van der Waals surface area contributed by atoms with E-state index in [0.717, 1.165) is 0 Å². The Balaban J connectivity index is 2.57. The fourth-order valence-electron chi connectivity index (χ4n) is 2.11. The summed E-state index contributed by atoms with van der Waals surface area (Å²) in [6.45, 7) is 6.14. The molecule has 14 heavy (non-hydrogen) atoms. The lowest BCUT2D eigenvalue weighted by atomic mass is 9.84. The van der Waals surface area contributed by atoms with Crippen LogP contribution in [0.4, 0.5) is 0 Å². The van der Waals surface area contributed by atoms with Gasteiger partial charge in [-0.3, -0.25) is 4.79 Å². The van der Waals surface area contributed by atoms with Gasteiger partial charge in [0.05, 0.1) is 12.0 Å². The summed E-state index contributed by atoms with van der Waals surface area (Å²) in [4.78, 5) is 11.4. The van der Waals surface area contributed by atoms with Crippen LogP contribution in [0.3, 0.4) is 0 Å². The highest BCUT2D eigenvalue weighted by atomic mass is 16.1. The highest BCUT2D eigenvalue weighted by Gasteiger charge is 2.30. The molecule has 0 radical (unpaired) electrons. The largest absolute Gasteiger partial charge is 0.347 e. The van der Waals surface area contributed by atoms with Crippen LogP contribution in [0.15, 0.2) is 18.2 Å². The van der Waals surface area contributed by atoms with Gasteiger partial charge in [-0.25, -0.2) is 0 Å². The summed E-state index contributed by atoms with van der Waals surface area (Å²) in [6, 6.07) is 6.32. The molecule has 1 aromatic rings. The van der Waals surface area contributed by atoms with E-state index < -0.39 is 0 Å². The molecule has 0 aromatic heterocycles. The second kappa shape index (κ2) is 2.84. The van der Waals surface area contributed by atoms with E-state index in [0.29, 0.717) is 6.42 Å². The first-order valence-electron chi connectivity index (χ1n) is 4.90. The van der Waals surface area contributed by atoms with Crippen molar-refractivity contribution in [3.8, 4) is 0 Å². The van der Waals surface area contributed by atoms with Crippen LogP contribution in [-0.4, -0.2) is 5.91 Å². The molecule has 1 N–H and O–H groups in total. The second-order valence-corrected chi connectivity index (χ2v) is 4.51. The Morgan fingerprint density at radius 3 is 2.79 bits per heavy atom. The molecule has 2 rings (SSSR count). The summed E-state index contributed by atoms with van der Waals surface area (Å²) in [5, 5.41) is 2.99. The van der Waals surface area contributed by atoms with Gasteiger partial charge in [0.2, 0.25) is 5.91 Å². The normalized spacial score (nSPS) is 18.6. The zero-order valence-corrected chi connectivity index (χ0v) is 8.85. The average Bonchev–Trinajstić information content (AvgIpc) is 2.00. The van der Waals surface area contributed by atoms with Crippen molar-refractivity contribution >= 4 is 5.91 Å². The van der Waals surface area contributed by atoms with Gasteiger partial charge in [0.15, 0.2) is 0 Å². The summed E-state index contributed by atoms with van der Waals surface area (Å²) in [7, 11) is 0. The average molecular weight is 189 g/mol. The molecule has 0 unspecified atom stereocenters. The number of hydrogen-bond donors (Lipinski definition) is 1. The number of carbonyl (C=O) groups is 1. The quantitative estimate of drug-likeness (QED) is 0.663. The number of benzene rings is 1. The fraction of sp³-hybridized carbons (Fsp3) is 0.417. The topological polar surface area (TPSA) is 29.1 Å². The number of hydrogen-bond acceptors (Lipinski definition) is 1. The predicted octanol–water partition coefficient (Wildman–Crippen LogP) is 1.90. The molecule has 1 heterocycles. The Morgan fingerprint density at radius 2 is 2.07 bits per heavy atom. The van der Waals surface area contributed by atoms with Crippen LogP contribution in [0.25, 0.3) is 0 Å². The number of amides is 1. The molecule has 2 nitrogen and oxygen atoms in total. The van der Waals surface area contributed by atoms with Crippen molar-refractivity contribution in [1.29, 1.82) is 0 Å². The van der Waals surface area contributed by atoms with Crippen LogP contribution in [-0.2, 0) is 16.8 Å². The Bertz CT molecular complexity index is 393. The minimum absolute atomic E-state index is 0.119. The SMILES string of the molecule is Cc1ccc2c(c1)CC(=O)NC2(C)C. The van der Waals surface area contributed by atoms with Crippen LogP contribution in [0.2, 0.25) is 0 Å². The van der Waals surface area contributed by atoms with E-state index in [2.05, 4.69) is 30.4 Å². The predicted molar refractivity (Wildman–Crippen MR) is 56.1 cm³/mol. The van der Waals surface area contributed by atoms with E-state index in [4.69, 9.17) is 0 Å². The maximum Gasteiger partial charge on any atom is 0.225 e. The molecule has 0 atom stereocenters. The molecule has 1 aliphatic heterocycles. The van der Waals surface area contributed by atoms with Gasteiger partial charge in [0.1, 0.15) is 0 Å². The van der Waals surface area contributed by atoms with Gasteiger partial charge in [0.25, 0.3) is 0 Å². The first kappa shape index (κ1) is 9.25. The second-order valence-electron chi connectivity index (χ2n) is 4.51. The van der Waals surface area contributed by atoms with E-state index in [9.17, 15) is 4.79 Å². The molecule has 0 aliphatic carbocycles. The maximum absolute atomic E-state index is 11.4. The molecule has 0 saturated carbocycles. The van der Waals surface area contributed by atoms with E-state index in [1.807, 2.05) is 13.8 Å². The van der Waals surface area contributed by atoms with E-state index in [1.165, 1.54) is 16.7 Å². The van der Waals surface area contributed by atoms with Crippen LogP contribution in [0, 0.1) is 6.92 Å². The number of fused-ring (bicyclic) bond motifs is 1. The minimum atomic E-state index is -0.224. The van der Waals surface area contributed by atoms with Crippen LogP contribution < -0.4 is 5.32 Å². The van der Waals surface area contributed by atoms with Crippen LogP contribution in [0.5, 0.6) is 0 Å². The third-order valence-electron chi connectivity index (χ3n) is 2.74. The molecule has 0 bridgehead atoms. The molecule has 0 fully saturated rings. The lowest BCUT2D eigenvalue weighted by molar-refractivity contribution is -0.122. The first-order chi connectivity index (χ1) is 6.49. The van der Waals surface area contributed by atoms with Crippen molar-refractivity contribution in [2.75, 3.05) is 0 Å². The monoisotopic (exact) mass is 189 g/mol. The Hall–Kier alpha value is -1.31. The number of aryl methyl sites for hydroxylation is 1. The standard InChI is InChI=1S/C12H15NO/c1-8-4-5-10-9(6-8)7-11(14)13-12(10,2)3/h4-6H,7H2,1-3H3,(H,13,14). The molecule has 1 amide bonds. The lowest BCUT2D eigenvalue weighted by Gasteiger charge is -2.33. The van der Waals surface area contributed by atoms with Crippen molar-refractivity contribution in [3.63, 3.8) is 0 Å². The summed E-state index contributed by atoms with van der Waals surface area (Å²) >= 11 is 0. The third kappa shape index (κ3) is 1.41. The molecular formula is C12H15NO. The van der Waals surface area contributed by atoms with Gasteiger partial charge in [-0.15, -0.1) is 0 Å². The zero-order valence-electron chi connectivity index (χ0n) is 8.85. The minimum Gasteiger partial charge on any atom is -0.347 e. The third-order valence-corrected chi connectivity index (χ3v) is 2.74. The van der Waals surface area contributed by atoms with Crippen molar-refractivity contribution < 1.29 is 4.79 Å². The van der Waals surface area contributed by atoms with Gasteiger partial charge in [0, 0.05) is 0 Å². The summed E-state index contributed by atoms with van der Waals surface area (Å²) in [5.74, 6) is 0.119. The molecule has 2 heteroatoms. The van der Waals surface area contributed by atoms with Crippen molar-refractivity contribution in [2.45, 2.75) is 32.7 Å². The number of carbonyl (C=O) groups excluding carboxylic acids is 1. The Morgan fingerprint density at radius 1 is 1.36 bits per heavy atom. The summed E-state index contributed by atoms with van der Waals surface area (Å²) in [6.07, 6.45) is 0.514. The van der Waals surface area contributed by atoms with E-state index >= 15 is 0 Å². The van der Waals surface area contributed by atoms with E-state index in [1.54, 1.807) is 0 Å². The fourth-order valence-corrected chi connectivity index (χ4v) is 2.11. The van der Waals surface area contributed by atoms with E-state index in [-0.39, 0.29) is 11.4 Å². The van der Waals surface area contributed by atoms with Gasteiger partial charge in [-0.1, -0.05) is 23.8 Å². The molecular weight excluding hydrogens is 174 g/mol. The molecule has 0 saturated heterocycles. The van der Waals surface area contributed by atoms with Crippen molar-refractivity contribution in [3.05, 3.63) is 34.9 Å². The lowest BCUT2D eigenvalue weighted by Crippen LogP contribution is -2.46. The highest BCUT2D eigenvalue weighted by Crippen LogP contribution is 2.28. The zero-order chi connectivity index (χ0) is 10.3. The molecule has 1 aromatic carbocycles. The highest BCUT2D eigenvalue weighted by molar-refractivity contribution is 5.82. The van der Waals surface area contributed by atoms with Gasteiger partial charge in [-0.05, 0) is 31.9 Å². The first-order valence-corrected chi connectivity index (χ1v) is 4.90. The number of nitrogens with one attached hydrogen (secondary N) is 1. The van der Waals surface area contributed by atoms with Crippen molar-refractivity contribution in [1.82, 2.24) is 5.32 Å². The van der Waals surface area contributed by atoms with Crippen LogP contribution >= 0.6 is 0 Å². The number of rotatable bonds is 0. The molecule has 1 aliphatic rings.